The molecule has 1 heterocycles. The van der Waals surface area contributed by atoms with E-state index in [1.54, 1.807) is 36.4 Å². The zero-order chi connectivity index (χ0) is 23.4. The second-order valence-electron chi connectivity index (χ2n) is 7.27. The number of fused-ring (bicyclic) bond motifs is 1. The smallest absolute Gasteiger partial charge is 0.482 e. The third-order valence-corrected chi connectivity index (χ3v) is 5.30. The van der Waals surface area contributed by atoms with Crippen LogP contribution in [-0.2, 0) is 27.5 Å². The molecule has 0 radical (unpaired) electrons. The Balaban J connectivity index is 1.62. The van der Waals surface area contributed by atoms with E-state index in [1.165, 1.54) is 17.2 Å². The van der Waals surface area contributed by atoms with E-state index in [9.17, 15) is 14.0 Å². The van der Waals surface area contributed by atoms with Crippen molar-refractivity contribution < 1.29 is 33.4 Å². The molecule has 0 fully saturated rings. The number of hydrogen-bond acceptors (Lipinski definition) is 6. The summed E-state index contributed by atoms with van der Waals surface area (Å²) in [6.07, 6.45) is -0.966. The van der Waals surface area contributed by atoms with Gasteiger partial charge < -0.3 is 19.4 Å². The highest BCUT2D eigenvalue weighted by atomic mass is 35.5. The van der Waals surface area contributed by atoms with E-state index in [4.69, 9.17) is 31.0 Å². The monoisotopic (exact) mass is 471 g/mol. The van der Waals surface area contributed by atoms with Crippen LogP contribution < -0.4 is 4.74 Å². The van der Waals surface area contributed by atoms with Crippen molar-refractivity contribution in [1.82, 2.24) is 5.06 Å². The van der Waals surface area contributed by atoms with Gasteiger partial charge in [-0.05, 0) is 35.4 Å². The van der Waals surface area contributed by atoms with Gasteiger partial charge in [-0.15, -0.1) is 5.06 Å². The molecule has 0 saturated heterocycles. The number of nitrogens with zero attached hydrogens (tertiary/aromatic N) is 1. The maximum atomic E-state index is 14.6. The van der Waals surface area contributed by atoms with E-state index in [0.717, 1.165) is 5.56 Å². The molecule has 4 rings (SSSR count). The quantitative estimate of drug-likeness (QED) is 0.479. The lowest BCUT2D eigenvalue weighted by atomic mass is 9.97. The van der Waals surface area contributed by atoms with Crippen LogP contribution in [0.3, 0.4) is 0 Å². The lowest BCUT2D eigenvalue weighted by molar-refractivity contribution is -0.148. The van der Waals surface area contributed by atoms with Gasteiger partial charge in [0.1, 0.15) is 24.2 Å². The molecular weight excluding hydrogens is 453 g/mol. The van der Waals surface area contributed by atoms with Gasteiger partial charge in [0, 0.05) is 16.1 Å². The molecule has 0 aromatic heterocycles. The molecule has 1 atom stereocenters. The van der Waals surface area contributed by atoms with E-state index < -0.39 is 30.6 Å². The minimum Gasteiger partial charge on any atom is -0.482 e. The van der Waals surface area contributed by atoms with Crippen LogP contribution in [0.1, 0.15) is 28.3 Å². The Hall–Kier alpha value is -3.62. The highest BCUT2D eigenvalue weighted by Gasteiger charge is 2.38. The largest absolute Gasteiger partial charge is 0.528 e. The van der Waals surface area contributed by atoms with Gasteiger partial charge in [-0.25, -0.2) is 14.0 Å². The predicted molar refractivity (Wildman–Crippen MR) is 116 cm³/mol. The maximum absolute atomic E-state index is 14.6. The minimum atomic E-state index is -1.16. The fourth-order valence-electron chi connectivity index (χ4n) is 3.65. The number of carbonyl (C=O) groups is 2. The van der Waals surface area contributed by atoms with Gasteiger partial charge in [0.25, 0.3) is 0 Å². The number of hydrogen-bond donors (Lipinski definition) is 1. The van der Waals surface area contributed by atoms with Crippen LogP contribution in [0.2, 0.25) is 5.02 Å². The Labute approximate surface area is 193 Å². The highest BCUT2D eigenvalue weighted by Crippen LogP contribution is 2.43. The first-order valence-corrected chi connectivity index (χ1v) is 10.4. The van der Waals surface area contributed by atoms with E-state index in [1.807, 2.05) is 18.2 Å². The molecule has 9 heteroatoms. The van der Waals surface area contributed by atoms with Crippen molar-refractivity contribution in [2.24, 2.45) is 0 Å². The number of ether oxygens (including phenoxy) is 2. The van der Waals surface area contributed by atoms with E-state index >= 15 is 0 Å². The molecule has 1 unspecified atom stereocenters. The average Bonchev–Trinajstić information content (AvgIpc) is 3.16. The van der Waals surface area contributed by atoms with Crippen LogP contribution in [0, 0.1) is 5.82 Å². The van der Waals surface area contributed by atoms with Crippen molar-refractivity contribution in [2.45, 2.75) is 19.2 Å². The van der Waals surface area contributed by atoms with Crippen molar-refractivity contribution in [3.05, 3.63) is 99.8 Å². The molecule has 0 spiro atoms. The second kappa shape index (κ2) is 9.89. The summed E-state index contributed by atoms with van der Waals surface area (Å²) in [5.41, 5.74) is 2.07. The van der Waals surface area contributed by atoms with Gasteiger partial charge >= 0.3 is 12.1 Å². The lowest BCUT2D eigenvalue weighted by Crippen LogP contribution is -2.28. The number of carbonyl (C=O) groups excluding carboxylic acids is 1. The molecule has 170 valence electrons. The number of hydroxylamine groups is 2. The summed E-state index contributed by atoms with van der Waals surface area (Å²) in [5, 5.41) is 10.6. The van der Waals surface area contributed by atoms with Crippen molar-refractivity contribution >= 4 is 23.7 Å². The van der Waals surface area contributed by atoms with Crippen LogP contribution in [0.15, 0.2) is 66.7 Å². The van der Waals surface area contributed by atoms with Crippen molar-refractivity contribution in [1.29, 1.82) is 0 Å². The van der Waals surface area contributed by atoms with Crippen molar-refractivity contribution in [3.8, 4) is 5.75 Å². The van der Waals surface area contributed by atoms with Crippen LogP contribution >= 0.6 is 11.6 Å². The molecule has 0 bridgehead atoms. The molecule has 0 aliphatic carbocycles. The van der Waals surface area contributed by atoms with Gasteiger partial charge in [-0.1, -0.05) is 54.1 Å². The summed E-state index contributed by atoms with van der Waals surface area (Å²) < 4.78 is 25.2. The molecule has 0 saturated carbocycles. The average molecular weight is 472 g/mol. The zero-order valence-electron chi connectivity index (χ0n) is 17.2. The molecule has 33 heavy (non-hydrogen) atoms. The van der Waals surface area contributed by atoms with Crippen LogP contribution in [0.25, 0.3) is 0 Å². The first-order chi connectivity index (χ1) is 15.9. The Morgan fingerprint density at radius 1 is 1.06 bits per heavy atom. The summed E-state index contributed by atoms with van der Waals surface area (Å²) in [5.74, 6) is -1.40. The molecule has 3 aromatic rings. The van der Waals surface area contributed by atoms with Gasteiger partial charge in [0.05, 0.1) is 6.54 Å². The number of benzene rings is 3. The first kappa shape index (κ1) is 22.6. The summed E-state index contributed by atoms with van der Waals surface area (Å²) in [4.78, 5) is 28.9. The number of carboxylic acid groups (broad SMARTS) is 1. The molecule has 1 aliphatic rings. The third-order valence-electron chi connectivity index (χ3n) is 5.06. The molecule has 1 N–H and O–H groups in total. The van der Waals surface area contributed by atoms with Crippen molar-refractivity contribution in [2.75, 3.05) is 6.61 Å². The number of carboxylic acids is 1. The fourth-order valence-corrected chi connectivity index (χ4v) is 3.83. The number of rotatable bonds is 7. The molecule has 1 aliphatic heterocycles. The zero-order valence-corrected chi connectivity index (χ0v) is 18.0. The first-order valence-electron chi connectivity index (χ1n) is 9.99. The number of halogens is 2. The predicted octanol–water partition coefficient (Wildman–Crippen LogP) is 5.12. The molecule has 7 nitrogen and oxygen atoms in total. The number of aliphatic carboxylic acids is 1. The minimum absolute atomic E-state index is 0.00360. The molecule has 0 amide bonds. The molecule has 3 aromatic carbocycles. The van der Waals surface area contributed by atoms with Crippen LogP contribution in [0.5, 0.6) is 5.75 Å². The van der Waals surface area contributed by atoms with E-state index in [0.29, 0.717) is 21.7 Å². The van der Waals surface area contributed by atoms with E-state index in [2.05, 4.69) is 0 Å². The maximum Gasteiger partial charge on any atom is 0.528 e. The van der Waals surface area contributed by atoms with Crippen LogP contribution in [-0.4, -0.2) is 28.9 Å². The lowest BCUT2D eigenvalue weighted by Gasteiger charge is -2.25. The van der Waals surface area contributed by atoms with Gasteiger partial charge in [0.15, 0.2) is 6.61 Å². The topological polar surface area (TPSA) is 85.3 Å². The third kappa shape index (κ3) is 5.24. The van der Waals surface area contributed by atoms with E-state index in [-0.39, 0.29) is 18.9 Å². The second-order valence-corrected chi connectivity index (χ2v) is 7.70. The summed E-state index contributed by atoms with van der Waals surface area (Å²) in [6, 6.07) is 17.5. The normalized spacial score (nSPS) is 15.0. The summed E-state index contributed by atoms with van der Waals surface area (Å²) >= 11 is 6.19. The highest BCUT2D eigenvalue weighted by molar-refractivity contribution is 6.30. The van der Waals surface area contributed by atoms with Crippen LogP contribution in [0.4, 0.5) is 9.18 Å². The van der Waals surface area contributed by atoms with Gasteiger partial charge in [-0.3, -0.25) is 0 Å². The Morgan fingerprint density at radius 2 is 1.85 bits per heavy atom. The summed E-state index contributed by atoms with van der Waals surface area (Å²) in [6.45, 7) is -0.626. The standard InChI is InChI=1S/C24H19ClFNO6/c25-16-9-10-21(31-14-22(28)29)18(11-16)23-17-7-4-8-20(26)19(17)12-27(23)33-24(30)32-13-15-5-2-1-3-6-15/h1-11,23H,12-14H2,(H,28,29). The Morgan fingerprint density at radius 3 is 2.61 bits per heavy atom. The molecular formula is C24H19ClFNO6. The summed E-state index contributed by atoms with van der Waals surface area (Å²) in [7, 11) is 0. The van der Waals surface area contributed by atoms with Gasteiger partial charge in [0.2, 0.25) is 0 Å². The Kier molecular flexibility index (Phi) is 6.76. The van der Waals surface area contributed by atoms with Gasteiger partial charge in [-0.2, -0.15) is 0 Å². The Bertz CT molecular complexity index is 1170. The fraction of sp³-hybridized carbons (Fsp3) is 0.167. The SMILES string of the molecule is O=C(O)COc1ccc(Cl)cc1C1c2cccc(F)c2CN1OC(=O)OCc1ccccc1. The van der Waals surface area contributed by atoms with Crippen molar-refractivity contribution in [3.63, 3.8) is 0 Å².